The van der Waals surface area contributed by atoms with Crippen molar-refractivity contribution in [1.82, 2.24) is 14.5 Å². The molecular weight excluding hydrogens is 502 g/mol. The van der Waals surface area contributed by atoms with E-state index < -0.39 is 17.5 Å². The normalized spacial score (nSPS) is 10.7. The van der Waals surface area contributed by atoms with Gasteiger partial charge in [0.2, 0.25) is 5.75 Å². The molecule has 0 radical (unpaired) electrons. The van der Waals surface area contributed by atoms with Gasteiger partial charge in [-0.3, -0.25) is 9.69 Å². The Bertz CT molecular complexity index is 1290. The topological polar surface area (TPSA) is 78.7 Å². The van der Waals surface area contributed by atoms with Gasteiger partial charge in [0.05, 0.1) is 32.4 Å². The number of methoxy groups -OCH3 is 3. The zero-order valence-corrected chi connectivity index (χ0v) is 20.8. The summed E-state index contributed by atoms with van der Waals surface area (Å²) in [6.07, 6.45) is 5.74. The molecule has 0 bridgehead atoms. The van der Waals surface area contributed by atoms with Crippen LogP contribution in [0, 0.1) is 11.6 Å². The molecule has 0 atom stereocenters. The Morgan fingerprint density at radius 1 is 1.09 bits per heavy atom. The van der Waals surface area contributed by atoms with Gasteiger partial charge in [-0.2, -0.15) is 0 Å². The Labute approximate surface area is 210 Å². The summed E-state index contributed by atoms with van der Waals surface area (Å²) in [6.45, 7) is 0.879. The molecule has 1 amide bonds. The van der Waals surface area contributed by atoms with Crippen molar-refractivity contribution in [2.45, 2.75) is 13.0 Å². The highest BCUT2D eigenvalue weighted by Crippen LogP contribution is 2.39. The van der Waals surface area contributed by atoms with E-state index in [2.05, 4.69) is 9.97 Å². The summed E-state index contributed by atoms with van der Waals surface area (Å²) in [5.74, 6) is -0.892. The summed E-state index contributed by atoms with van der Waals surface area (Å²) in [5, 5.41) is 0.254. The summed E-state index contributed by atoms with van der Waals surface area (Å²) in [6, 6.07) is 5.06. The molecule has 0 aliphatic heterocycles. The number of ether oxygens (including phenoxy) is 3. The second-order valence-electron chi connectivity index (χ2n) is 7.26. The summed E-state index contributed by atoms with van der Waals surface area (Å²) in [4.78, 5) is 23.4. The standard InChI is InChI=1S/C23H22F2N4O4S.ClH/c1-31-17-9-14(10-18(32-2)21(17)33-3)22(30)29(7-4-6-28-8-5-26-13-28)23-27-20-16(25)11-15(24)12-19(20)34-23;/h5,8-13H,4,6-7H2,1-3H3;1H. The SMILES string of the molecule is COc1cc(C(=O)N(CCCn2ccnc2)c2nc3c(F)cc(F)cc3s2)cc(OC)c1OC.Cl. The first kappa shape index (κ1) is 26.2. The highest BCUT2D eigenvalue weighted by atomic mass is 35.5. The van der Waals surface area contributed by atoms with E-state index in [1.165, 1.54) is 32.3 Å². The molecule has 12 heteroatoms. The van der Waals surface area contributed by atoms with Crippen LogP contribution in [-0.2, 0) is 6.54 Å². The molecule has 4 aromatic rings. The number of amides is 1. The predicted molar refractivity (Wildman–Crippen MR) is 131 cm³/mol. The molecule has 8 nitrogen and oxygen atoms in total. The van der Waals surface area contributed by atoms with Crippen molar-refractivity contribution in [3.05, 3.63) is 60.2 Å². The fraction of sp³-hybridized carbons (Fsp3) is 0.261. The zero-order valence-electron chi connectivity index (χ0n) is 19.2. The molecule has 35 heavy (non-hydrogen) atoms. The van der Waals surface area contributed by atoms with Gasteiger partial charge in [-0.25, -0.2) is 18.7 Å². The lowest BCUT2D eigenvalue weighted by Crippen LogP contribution is -2.32. The predicted octanol–water partition coefficient (Wildman–Crippen LogP) is 4.96. The molecule has 2 aromatic carbocycles. The average molecular weight is 525 g/mol. The van der Waals surface area contributed by atoms with Crippen LogP contribution in [0.4, 0.5) is 13.9 Å². The number of anilines is 1. The lowest BCUT2D eigenvalue weighted by Gasteiger charge is -2.21. The van der Waals surface area contributed by atoms with Crippen LogP contribution in [0.3, 0.4) is 0 Å². The smallest absolute Gasteiger partial charge is 0.260 e. The minimum atomic E-state index is -0.781. The third kappa shape index (κ3) is 5.46. The second kappa shape index (κ2) is 11.3. The summed E-state index contributed by atoms with van der Waals surface area (Å²) in [5.41, 5.74) is 0.279. The maximum atomic E-state index is 14.3. The van der Waals surface area contributed by atoms with E-state index in [1.54, 1.807) is 24.7 Å². The third-order valence-electron chi connectivity index (χ3n) is 5.15. The summed E-state index contributed by atoms with van der Waals surface area (Å²) in [7, 11) is 4.39. The first-order valence-corrected chi connectivity index (χ1v) is 11.1. The number of imidazole rings is 1. The van der Waals surface area contributed by atoms with Crippen LogP contribution in [0.1, 0.15) is 16.8 Å². The minimum absolute atomic E-state index is 0. The Morgan fingerprint density at radius 3 is 2.40 bits per heavy atom. The number of fused-ring (bicyclic) bond motifs is 1. The van der Waals surface area contributed by atoms with Gasteiger partial charge in [0, 0.05) is 37.1 Å². The maximum absolute atomic E-state index is 14.3. The van der Waals surface area contributed by atoms with Gasteiger partial charge in [0.1, 0.15) is 11.3 Å². The first-order valence-electron chi connectivity index (χ1n) is 10.3. The number of carbonyl (C=O) groups is 1. The van der Waals surface area contributed by atoms with Gasteiger partial charge in [-0.1, -0.05) is 11.3 Å². The van der Waals surface area contributed by atoms with E-state index >= 15 is 0 Å². The van der Waals surface area contributed by atoms with Crippen molar-refractivity contribution in [2.75, 3.05) is 32.8 Å². The van der Waals surface area contributed by atoms with E-state index in [-0.39, 0.29) is 35.2 Å². The lowest BCUT2D eigenvalue weighted by molar-refractivity contribution is 0.0985. The molecule has 0 spiro atoms. The van der Waals surface area contributed by atoms with Crippen LogP contribution in [0.15, 0.2) is 43.0 Å². The van der Waals surface area contributed by atoms with E-state index in [4.69, 9.17) is 14.2 Å². The summed E-state index contributed by atoms with van der Waals surface area (Å²) < 4.78 is 46.3. The molecule has 0 aliphatic carbocycles. The number of hydrogen-bond donors (Lipinski definition) is 0. The van der Waals surface area contributed by atoms with Crippen molar-refractivity contribution in [2.24, 2.45) is 0 Å². The van der Waals surface area contributed by atoms with Crippen molar-refractivity contribution in [3.8, 4) is 17.2 Å². The molecule has 4 rings (SSSR count). The first-order chi connectivity index (χ1) is 16.4. The molecule has 0 saturated heterocycles. The number of aromatic nitrogens is 3. The Balaban J connectivity index is 0.00000342. The second-order valence-corrected chi connectivity index (χ2v) is 8.26. The van der Waals surface area contributed by atoms with Crippen molar-refractivity contribution in [1.29, 1.82) is 0 Å². The van der Waals surface area contributed by atoms with E-state index in [1.807, 2.05) is 10.8 Å². The number of aryl methyl sites for hydroxylation is 1. The Kier molecular flexibility index (Phi) is 8.47. The van der Waals surface area contributed by atoms with Crippen LogP contribution in [0.25, 0.3) is 10.2 Å². The molecule has 2 heterocycles. The molecule has 0 N–H and O–H groups in total. The Hall–Kier alpha value is -3.44. The fourth-order valence-corrected chi connectivity index (χ4v) is 4.57. The lowest BCUT2D eigenvalue weighted by atomic mass is 10.1. The van der Waals surface area contributed by atoms with Gasteiger partial charge in [0.15, 0.2) is 22.4 Å². The van der Waals surface area contributed by atoms with E-state index in [0.717, 1.165) is 17.4 Å². The van der Waals surface area contributed by atoms with Crippen LogP contribution in [0.2, 0.25) is 0 Å². The largest absolute Gasteiger partial charge is 0.493 e. The third-order valence-corrected chi connectivity index (χ3v) is 6.17. The molecule has 2 aromatic heterocycles. The molecule has 0 fully saturated rings. The molecule has 0 saturated carbocycles. The highest BCUT2D eigenvalue weighted by Gasteiger charge is 2.25. The highest BCUT2D eigenvalue weighted by molar-refractivity contribution is 7.22. The van der Waals surface area contributed by atoms with E-state index in [9.17, 15) is 13.6 Å². The number of rotatable bonds is 9. The van der Waals surface area contributed by atoms with Gasteiger partial charge in [0.25, 0.3) is 5.91 Å². The number of nitrogens with zero attached hydrogens (tertiary/aromatic N) is 4. The number of benzene rings is 2. The minimum Gasteiger partial charge on any atom is -0.493 e. The van der Waals surface area contributed by atoms with Gasteiger partial charge in [-0.05, 0) is 24.6 Å². The Morgan fingerprint density at radius 2 is 1.80 bits per heavy atom. The molecule has 186 valence electrons. The molecular formula is C23H23ClF2N4O4S. The van der Waals surface area contributed by atoms with Gasteiger partial charge >= 0.3 is 0 Å². The van der Waals surface area contributed by atoms with Crippen molar-refractivity contribution < 1.29 is 27.8 Å². The van der Waals surface area contributed by atoms with Crippen LogP contribution in [0.5, 0.6) is 17.2 Å². The maximum Gasteiger partial charge on any atom is 0.260 e. The average Bonchev–Trinajstić information content (AvgIpc) is 3.50. The number of thiazole rings is 1. The number of halogens is 3. The number of carbonyl (C=O) groups excluding carboxylic acids is 1. The monoisotopic (exact) mass is 524 g/mol. The van der Waals surface area contributed by atoms with E-state index in [0.29, 0.717) is 34.9 Å². The van der Waals surface area contributed by atoms with Crippen molar-refractivity contribution in [3.63, 3.8) is 0 Å². The van der Waals surface area contributed by atoms with Gasteiger partial charge in [-0.15, -0.1) is 12.4 Å². The number of hydrogen-bond acceptors (Lipinski definition) is 7. The zero-order chi connectivity index (χ0) is 24.2. The van der Waals surface area contributed by atoms with Gasteiger partial charge < -0.3 is 18.8 Å². The van der Waals surface area contributed by atoms with Crippen LogP contribution < -0.4 is 19.1 Å². The summed E-state index contributed by atoms with van der Waals surface area (Å²) >= 11 is 1.04. The molecule has 0 unspecified atom stereocenters. The van der Waals surface area contributed by atoms with Crippen LogP contribution >= 0.6 is 23.7 Å². The van der Waals surface area contributed by atoms with Crippen molar-refractivity contribution >= 4 is 45.0 Å². The molecule has 0 aliphatic rings. The van der Waals surface area contributed by atoms with Crippen LogP contribution in [-0.4, -0.2) is 48.3 Å². The quantitative estimate of drug-likeness (QED) is 0.308. The fourth-order valence-electron chi connectivity index (χ4n) is 3.54.